The fourth-order valence-corrected chi connectivity index (χ4v) is 6.65. The number of carboxylic acids is 1. The number of carboxylic acid groups (broad SMARTS) is 1. The molecule has 1 aromatic rings. The van der Waals surface area contributed by atoms with Crippen LogP contribution in [0.5, 0.6) is 0 Å². The van der Waals surface area contributed by atoms with E-state index in [0.717, 1.165) is 29.5 Å². The van der Waals surface area contributed by atoms with Gasteiger partial charge in [0.05, 0.1) is 23.1 Å². The maximum atomic E-state index is 13.5. The fourth-order valence-electron chi connectivity index (χ4n) is 6.38. The molecule has 3 saturated carbocycles. The molecule has 0 unspecified atom stereocenters. The van der Waals surface area contributed by atoms with E-state index in [4.69, 9.17) is 16.3 Å². The molecule has 2 N–H and O–H groups in total. The number of ether oxygens (including phenoxy) is 1. The van der Waals surface area contributed by atoms with E-state index < -0.39 is 22.5 Å². The molecule has 5 rings (SSSR count). The number of carbonyl (C=O) groups excluding carboxylic acids is 1. The number of fused-ring (bicyclic) bond motifs is 1. The van der Waals surface area contributed by atoms with Crippen molar-refractivity contribution in [3.63, 3.8) is 0 Å². The molecule has 192 valence electrons. The molecule has 1 aromatic carbocycles. The van der Waals surface area contributed by atoms with E-state index in [1.54, 1.807) is 12.0 Å². The summed E-state index contributed by atoms with van der Waals surface area (Å²) >= 11 is 6.75. The van der Waals surface area contributed by atoms with Crippen LogP contribution in [0, 0.1) is 16.7 Å². The summed E-state index contributed by atoms with van der Waals surface area (Å²) in [5.74, 6) is -0.708. The predicted octanol–water partition coefficient (Wildman–Crippen LogP) is 6.12. The van der Waals surface area contributed by atoms with Crippen LogP contribution in [0.4, 0.5) is 4.79 Å². The molecule has 4 aliphatic rings. The number of aryl methyl sites for hydroxylation is 1. The largest absolute Gasteiger partial charge is 0.481 e. The minimum Gasteiger partial charge on any atom is -0.481 e. The zero-order valence-corrected chi connectivity index (χ0v) is 22.6. The van der Waals surface area contributed by atoms with Gasteiger partial charge in [-0.05, 0) is 73.6 Å². The van der Waals surface area contributed by atoms with Crippen LogP contribution in [0.1, 0.15) is 77.8 Å². The molecule has 1 heterocycles. The molecule has 2 amide bonds. The summed E-state index contributed by atoms with van der Waals surface area (Å²) in [4.78, 5) is 27.1. The zero-order valence-electron chi connectivity index (χ0n) is 21.8. The Hall–Kier alpha value is -2.05. The van der Waals surface area contributed by atoms with E-state index in [1.807, 2.05) is 19.2 Å². The van der Waals surface area contributed by atoms with Crippen LogP contribution in [0.25, 0.3) is 0 Å². The number of hydrogen-bond donors (Lipinski definition) is 2. The molecular weight excluding hydrogens is 464 g/mol. The SMILES string of the molecule is COC[C@H](C)C1=CN(C23CCC(C(=O)O)(C2)C3)C(=O)N[C@@]1(C)c1ccc(CCC(C)(C)C)c(Cl)c1. The van der Waals surface area contributed by atoms with E-state index >= 15 is 0 Å². The molecule has 0 spiro atoms. The third-order valence-corrected chi connectivity index (χ3v) is 8.86. The minimum absolute atomic E-state index is 0.0366. The van der Waals surface area contributed by atoms with Crippen LogP contribution < -0.4 is 5.32 Å². The number of urea groups is 1. The summed E-state index contributed by atoms with van der Waals surface area (Å²) in [6, 6.07) is 5.94. The highest BCUT2D eigenvalue weighted by Crippen LogP contribution is 2.64. The lowest BCUT2D eigenvalue weighted by molar-refractivity contribution is -0.156. The standard InChI is InChI=1S/C28H39ClN2O4/c1-18(15-35-6)21-14-31(28-12-11-27(16-28,17-28)23(32)33)24(34)30-26(21,5)20-8-7-19(22(29)13-20)9-10-25(2,3)4/h7-8,13-14,18H,9-12,15-17H2,1-6H3,(H,30,34)(H,32,33)/t18-,26-,27?,28?/m0/s1. The normalized spacial score (nSPS) is 31.0. The summed E-state index contributed by atoms with van der Waals surface area (Å²) in [5, 5.41) is 13.7. The highest BCUT2D eigenvalue weighted by molar-refractivity contribution is 6.31. The zero-order chi connectivity index (χ0) is 25.8. The summed E-state index contributed by atoms with van der Waals surface area (Å²) in [5.41, 5.74) is 1.45. The molecule has 7 heteroatoms. The van der Waals surface area contributed by atoms with Crippen LogP contribution >= 0.6 is 11.6 Å². The molecule has 0 aromatic heterocycles. The first-order chi connectivity index (χ1) is 16.3. The first-order valence-corrected chi connectivity index (χ1v) is 13.0. The van der Waals surface area contributed by atoms with Gasteiger partial charge in [0.15, 0.2) is 0 Å². The van der Waals surface area contributed by atoms with Gasteiger partial charge in [-0.25, -0.2) is 4.79 Å². The van der Waals surface area contributed by atoms with Crippen molar-refractivity contribution in [2.24, 2.45) is 16.7 Å². The number of nitrogens with zero attached hydrogens (tertiary/aromatic N) is 1. The first-order valence-electron chi connectivity index (χ1n) is 12.6. The van der Waals surface area contributed by atoms with E-state index in [1.165, 1.54) is 0 Å². The number of nitrogens with one attached hydrogen (secondary N) is 1. The van der Waals surface area contributed by atoms with Crippen LogP contribution in [0.15, 0.2) is 30.0 Å². The molecular formula is C28H39ClN2O4. The molecule has 35 heavy (non-hydrogen) atoms. The van der Waals surface area contributed by atoms with Gasteiger partial charge >= 0.3 is 12.0 Å². The highest BCUT2D eigenvalue weighted by atomic mass is 35.5. The number of rotatable bonds is 8. The van der Waals surface area contributed by atoms with Crippen molar-refractivity contribution in [2.45, 2.75) is 84.2 Å². The molecule has 2 bridgehead atoms. The second kappa shape index (κ2) is 8.81. The second-order valence-corrected chi connectivity index (χ2v) is 12.8. The highest BCUT2D eigenvalue weighted by Gasteiger charge is 2.68. The molecule has 0 radical (unpaired) electrons. The van der Waals surface area contributed by atoms with Crippen LogP contribution in [0.3, 0.4) is 0 Å². The number of carbonyl (C=O) groups is 2. The van der Waals surface area contributed by atoms with Gasteiger partial charge in [-0.15, -0.1) is 0 Å². The van der Waals surface area contributed by atoms with Gasteiger partial charge in [0.25, 0.3) is 0 Å². The van der Waals surface area contributed by atoms with Gasteiger partial charge in [0.1, 0.15) is 0 Å². The number of benzene rings is 1. The van der Waals surface area contributed by atoms with Crippen LogP contribution in [-0.4, -0.2) is 41.3 Å². The Morgan fingerprint density at radius 3 is 2.51 bits per heavy atom. The number of methoxy groups -OCH3 is 1. The molecule has 3 aliphatic carbocycles. The summed E-state index contributed by atoms with van der Waals surface area (Å²) < 4.78 is 5.49. The van der Waals surface area contributed by atoms with Crippen molar-refractivity contribution in [3.8, 4) is 0 Å². The van der Waals surface area contributed by atoms with E-state index in [2.05, 4.69) is 45.1 Å². The van der Waals surface area contributed by atoms with Gasteiger partial charge in [0.2, 0.25) is 0 Å². The van der Waals surface area contributed by atoms with Crippen molar-refractivity contribution in [3.05, 3.63) is 46.1 Å². The lowest BCUT2D eigenvalue weighted by Gasteiger charge is -2.53. The molecule has 1 aliphatic heterocycles. The van der Waals surface area contributed by atoms with Gasteiger partial charge in [0, 0.05) is 24.3 Å². The van der Waals surface area contributed by atoms with Gasteiger partial charge < -0.3 is 15.2 Å². The monoisotopic (exact) mass is 502 g/mol. The Morgan fingerprint density at radius 1 is 1.29 bits per heavy atom. The lowest BCUT2D eigenvalue weighted by atomic mass is 9.64. The molecule has 0 saturated heterocycles. The third-order valence-electron chi connectivity index (χ3n) is 8.51. The van der Waals surface area contributed by atoms with Crippen molar-refractivity contribution >= 4 is 23.6 Å². The number of hydrogen-bond acceptors (Lipinski definition) is 3. The van der Waals surface area contributed by atoms with E-state index in [0.29, 0.717) is 37.3 Å². The Bertz CT molecular complexity index is 1050. The topological polar surface area (TPSA) is 78.9 Å². The average molecular weight is 503 g/mol. The first kappa shape index (κ1) is 26.0. The van der Waals surface area contributed by atoms with E-state index in [-0.39, 0.29) is 17.4 Å². The second-order valence-electron chi connectivity index (χ2n) is 12.4. The number of aliphatic carboxylic acids is 1. The quantitative estimate of drug-likeness (QED) is 0.448. The Balaban J connectivity index is 1.68. The minimum atomic E-state index is -0.749. The van der Waals surface area contributed by atoms with Gasteiger partial charge in [-0.2, -0.15) is 0 Å². The lowest BCUT2D eigenvalue weighted by Crippen LogP contribution is -2.64. The molecule has 3 fully saturated rings. The van der Waals surface area contributed by atoms with Gasteiger partial charge in [-0.3, -0.25) is 9.69 Å². The van der Waals surface area contributed by atoms with Crippen molar-refractivity contribution in [1.82, 2.24) is 10.2 Å². The molecule has 6 nitrogen and oxygen atoms in total. The smallest absolute Gasteiger partial charge is 0.322 e. The van der Waals surface area contributed by atoms with Gasteiger partial charge in [-0.1, -0.05) is 51.4 Å². The Kier molecular flexibility index (Phi) is 6.55. The van der Waals surface area contributed by atoms with E-state index in [9.17, 15) is 14.7 Å². The van der Waals surface area contributed by atoms with Crippen LogP contribution in [0.2, 0.25) is 5.02 Å². The summed E-state index contributed by atoms with van der Waals surface area (Å²) in [6.45, 7) is 11.3. The van der Waals surface area contributed by atoms with Crippen molar-refractivity contribution in [1.29, 1.82) is 0 Å². The number of halogens is 1. The van der Waals surface area contributed by atoms with Crippen LogP contribution in [-0.2, 0) is 21.5 Å². The molecule has 2 atom stereocenters. The van der Waals surface area contributed by atoms with Crippen molar-refractivity contribution < 1.29 is 19.4 Å². The average Bonchev–Trinajstić information content (AvgIpc) is 3.30. The Labute approximate surface area is 214 Å². The number of amides is 2. The van der Waals surface area contributed by atoms with Crippen molar-refractivity contribution in [2.75, 3.05) is 13.7 Å². The Morgan fingerprint density at radius 2 is 1.97 bits per heavy atom. The fraction of sp³-hybridized carbons (Fsp3) is 0.643. The maximum absolute atomic E-state index is 13.5. The third kappa shape index (κ3) is 4.48. The maximum Gasteiger partial charge on any atom is 0.322 e. The summed E-state index contributed by atoms with van der Waals surface area (Å²) in [6.07, 6.45) is 6.25. The summed E-state index contributed by atoms with van der Waals surface area (Å²) in [7, 11) is 1.68. The predicted molar refractivity (Wildman–Crippen MR) is 137 cm³/mol.